The van der Waals surface area contributed by atoms with Crippen molar-refractivity contribution >= 4 is 70.9 Å². The lowest BCUT2D eigenvalue weighted by Gasteiger charge is -2.21. The summed E-state index contributed by atoms with van der Waals surface area (Å²) in [5.74, 6) is 0.327. The first-order chi connectivity index (χ1) is 25.1. The number of alkyl carbamates (subject to hydrolysis) is 2. The number of hydrogen-bond donors (Lipinski definition) is 4. The van der Waals surface area contributed by atoms with Crippen molar-refractivity contribution in [2.45, 2.75) is 105 Å². The molecule has 15 nitrogen and oxygen atoms in total. The molecule has 17 heteroatoms. The fraction of sp³-hybridized carbons (Fsp3) is 0.421. The molecule has 0 unspecified atom stereocenters. The highest BCUT2D eigenvalue weighted by atomic mass is 35.5. The summed E-state index contributed by atoms with van der Waals surface area (Å²) in [5, 5.41) is 11.1. The van der Waals surface area contributed by atoms with E-state index in [4.69, 9.17) is 46.6 Å². The number of amides is 4. The fourth-order valence-corrected chi connectivity index (χ4v) is 4.76. The number of rotatable bonds is 4. The van der Waals surface area contributed by atoms with E-state index in [-0.39, 0.29) is 22.0 Å². The van der Waals surface area contributed by atoms with E-state index in [0.29, 0.717) is 34.0 Å². The molecule has 0 aliphatic carbocycles. The molecule has 0 saturated carbocycles. The Hall–Kier alpha value is -5.28. The second-order valence-electron chi connectivity index (χ2n) is 15.9. The van der Waals surface area contributed by atoms with Crippen molar-refractivity contribution in [1.82, 2.24) is 10.6 Å². The zero-order valence-electron chi connectivity index (χ0n) is 32.9. The highest BCUT2D eigenvalue weighted by Crippen LogP contribution is 2.37. The molecule has 0 saturated heterocycles. The second kappa shape index (κ2) is 17.5. The number of ether oxygens (including phenoxy) is 4. The normalized spacial score (nSPS) is 12.7. The summed E-state index contributed by atoms with van der Waals surface area (Å²) in [5.41, 5.74) is -1.46. The molecule has 0 fully saturated rings. The van der Waals surface area contributed by atoms with E-state index in [1.165, 1.54) is 0 Å². The third kappa shape index (κ3) is 15.9. The Kier molecular flexibility index (Phi) is 14.0. The molecule has 298 valence electrons. The van der Waals surface area contributed by atoms with E-state index in [0.717, 1.165) is 0 Å². The lowest BCUT2D eigenvalue weighted by Crippen LogP contribution is -2.40. The minimum absolute atomic E-state index is 0.246. The largest absolute Gasteiger partial charge is 0.456 e. The molecule has 0 atom stereocenters. The molecular formula is C38H48Cl2N6O9. The van der Waals surface area contributed by atoms with Gasteiger partial charge in [0.05, 0.1) is 10.0 Å². The minimum atomic E-state index is -0.939. The van der Waals surface area contributed by atoms with Crippen LogP contribution in [0.1, 0.15) is 83.1 Å². The van der Waals surface area contributed by atoms with E-state index in [1.807, 2.05) is 0 Å². The number of nitrogens with zero attached hydrogens (tertiary/aromatic N) is 2. The van der Waals surface area contributed by atoms with E-state index < -0.39 is 46.8 Å². The van der Waals surface area contributed by atoms with Gasteiger partial charge in [-0.15, -0.1) is 9.98 Å². The molecule has 1 heterocycles. The van der Waals surface area contributed by atoms with Gasteiger partial charge >= 0.3 is 24.4 Å². The minimum Gasteiger partial charge on any atom is -0.456 e. The van der Waals surface area contributed by atoms with Gasteiger partial charge in [0.2, 0.25) is 11.9 Å². The first-order valence-electron chi connectivity index (χ1n) is 17.0. The van der Waals surface area contributed by atoms with E-state index in [1.54, 1.807) is 132 Å². The molecule has 0 bridgehead atoms. The first kappa shape index (κ1) is 44.1. The van der Waals surface area contributed by atoms with Gasteiger partial charge in [-0.25, -0.2) is 19.2 Å². The van der Waals surface area contributed by atoms with Gasteiger partial charge in [-0.3, -0.25) is 10.6 Å². The van der Waals surface area contributed by atoms with Gasteiger partial charge in [0.15, 0.2) is 0 Å². The molecule has 0 aliphatic heterocycles. The van der Waals surface area contributed by atoms with Gasteiger partial charge < -0.3 is 34.0 Å². The predicted octanol–water partition coefficient (Wildman–Crippen LogP) is 10.4. The summed E-state index contributed by atoms with van der Waals surface area (Å²) in [6.45, 7) is 20.3. The van der Waals surface area contributed by atoms with Crippen LogP contribution in [0.4, 0.5) is 30.6 Å². The van der Waals surface area contributed by atoms with Gasteiger partial charge in [-0.05, 0) is 132 Å². The predicted molar refractivity (Wildman–Crippen MR) is 213 cm³/mol. The van der Waals surface area contributed by atoms with Crippen molar-refractivity contribution in [2.75, 3.05) is 10.6 Å². The number of carbonyl (C=O) groups excluding carboxylic acids is 4. The third-order valence-corrected chi connectivity index (χ3v) is 6.66. The van der Waals surface area contributed by atoms with Crippen LogP contribution >= 0.6 is 23.2 Å². The maximum atomic E-state index is 12.5. The summed E-state index contributed by atoms with van der Waals surface area (Å²) < 4.78 is 27.3. The van der Waals surface area contributed by atoms with Crippen LogP contribution in [-0.4, -0.2) is 58.7 Å². The Morgan fingerprint density at radius 2 is 0.855 bits per heavy atom. The van der Waals surface area contributed by atoms with Crippen LogP contribution in [0.5, 0.6) is 0 Å². The molecule has 4 N–H and O–H groups in total. The van der Waals surface area contributed by atoms with E-state index in [2.05, 4.69) is 31.3 Å². The van der Waals surface area contributed by atoms with Crippen molar-refractivity contribution in [3.63, 3.8) is 0 Å². The SMILES string of the molecule is CC(C)(C)OC(=O)/N=C(\NC(=O)OC(C)(C)C)Nc1ccc(-c2ccc(-c3ccc(N/C(=N/C(=O)OC(C)(C)C)NC(=O)OC(C)(C)C)cc3Cl)o2)c(Cl)c1. The number of carbonyl (C=O) groups is 4. The topological polar surface area (TPSA) is 191 Å². The van der Waals surface area contributed by atoms with Crippen molar-refractivity contribution in [1.29, 1.82) is 0 Å². The molecule has 3 rings (SSSR count). The molecule has 55 heavy (non-hydrogen) atoms. The number of nitrogens with one attached hydrogen (secondary N) is 4. The standard InChI is InChI=1S/C38H48Cl2N6O9/c1-35(2,3)52-31(47)43-29(44-32(48)53-36(4,5)6)41-21-13-15-23(25(39)19-21)27-17-18-28(51-27)24-16-14-22(20-26(24)40)42-30(45-33(49)54-37(7,8)9)46-34(50)55-38(10,11)12/h13-20H,1-12H3,(H2,41,43,44,47,48)(H2,42,45,46,49,50). The highest BCUT2D eigenvalue weighted by Gasteiger charge is 2.23. The maximum absolute atomic E-state index is 12.5. The summed E-state index contributed by atoms with van der Waals surface area (Å²) in [4.78, 5) is 57.6. The molecule has 0 spiro atoms. The number of hydrogen-bond acceptors (Lipinski definition) is 9. The molecule has 0 aliphatic rings. The van der Waals surface area contributed by atoms with Crippen LogP contribution in [0, 0.1) is 0 Å². The zero-order valence-corrected chi connectivity index (χ0v) is 34.5. The van der Waals surface area contributed by atoms with Crippen LogP contribution in [0.2, 0.25) is 10.0 Å². The average Bonchev–Trinajstić information content (AvgIpc) is 3.42. The number of furan rings is 1. The quantitative estimate of drug-likeness (QED) is 0.111. The van der Waals surface area contributed by atoms with Gasteiger partial charge in [0.25, 0.3) is 0 Å². The summed E-state index contributed by atoms with van der Waals surface area (Å²) in [7, 11) is 0. The van der Waals surface area contributed by atoms with Gasteiger partial charge in [0, 0.05) is 22.5 Å². The Morgan fingerprint density at radius 1 is 0.527 bits per heavy atom. The molecule has 3 aromatic rings. The van der Waals surface area contributed by atoms with Crippen LogP contribution in [0.25, 0.3) is 22.6 Å². The molecular weight excluding hydrogens is 755 g/mol. The zero-order chi connectivity index (χ0) is 41.5. The maximum Gasteiger partial charge on any atom is 0.437 e. The fourth-order valence-electron chi connectivity index (χ4n) is 4.21. The number of halogens is 2. The van der Waals surface area contributed by atoms with Gasteiger partial charge in [0.1, 0.15) is 33.9 Å². The van der Waals surface area contributed by atoms with E-state index >= 15 is 0 Å². The van der Waals surface area contributed by atoms with Crippen molar-refractivity contribution in [3.8, 4) is 22.6 Å². The first-order valence-corrected chi connectivity index (χ1v) is 17.8. The van der Waals surface area contributed by atoms with Crippen molar-refractivity contribution in [3.05, 3.63) is 58.6 Å². The van der Waals surface area contributed by atoms with Crippen molar-refractivity contribution in [2.24, 2.45) is 9.98 Å². The van der Waals surface area contributed by atoms with E-state index in [9.17, 15) is 19.2 Å². The van der Waals surface area contributed by atoms with Gasteiger partial charge in [-0.2, -0.15) is 0 Å². The summed E-state index contributed by atoms with van der Waals surface area (Å²) in [6.07, 6.45) is -3.57. The van der Waals surface area contributed by atoms with Crippen LogP contribution in [-0.2, 0) is 18.9 Å². The lowest BCUT2D eigenvalue weighted by molar-refractivity contribution is 0.0545. The summed E-state index contributed by atoms with van der Waals surface area (Å²) >= 11 is 13.3. The van der Waals surface area contributed by atoms with Crippen molar-refractivity contribution < 1.29 is 42.5 Å². The number of aliphatic imine (C=N–C) groups is 2. The Balaban J connectivity index is 1.84. The molecule has 2 aromatic carbocycles. The average molecular weight is 804 g/mol. The number of guanidine groups is 2. The lowest BCUT2D eigenvalue weighted by atomic mass is 10.1. The smallest absolute Gasteiger partial charge is 0.437 e. The second-order valence-corrected chi connectivity index (χ2v) is 16.8. The van der Waals surface area contributed by atoms with Crippen LogP contribution in [0.3, 0.4) is 0 Å². The molecule has 0 radical (unpaired) electrons. The third-order valence-electron chi connectivity index (χ3n) is 6.03. The highest BCUT2D eigenvalue weighted by molar-refractivity contribution is 6.34. The number of anilines is 2. The van der Waals surface area contributed by atoms with Gasteiger partial charge in [-0.1, -0.05) is 23.2 Å². The molecule has 1 aromatic heterocycles. The monoisotopic (exact) mass is 802 g/mol. The Labute approximate surface area is 330 Å². The van der Waals surface area contributed by atoms with Crippen LogP contribution in [0.15, 0.2) is 62.9 Å². The Bertz CT molecular complexity index is 1830. The number of benzene rings is 2. The summed E-state index contributed by atoms with van der Waals surface area (Å²) in [6, 6.07) is 13.1. The molecule has 4 amide bonds. The van der Waals surface area contributed by atoms with Crippen LogP contribution < -0.4 is 21.3 Å². The Morgan fingerprint density at radius 3 is 1.15 bits per heavy atom.